The molecule has 3 aromatic rings. The van der Waals surface area contributed by atoms with Crippen molar-refractivity contribution in [1.29, 1.82) is 0 Å². The monoisotopic (exact) mass is 434 g/mol. The maximum absolute atomic E-state index is 12.3. The van der Waals surface area contributed by atoms with Gasteiger partial charge in [-0.1, -0.05) is 43.3 Å². The molecule has 1 saturated heterocycles. The first kappa shape index (κ1) is 21.7. The Morgan fingerprint density at radius 1 is 1.19 bits per heavy atom. The van der Waals surface area contributed by atoms with Crippen LogP contribution >= 0.6 is 0 Å². The molecular weight excluding hydrogens is 408 g/mol. The van der Waals surface area contributed by atoms with Gasteiger partial charge in [0.25, 0.3) is 5.89 Å². The van der Waals surface area contributed by atoms with Gasteiger partial charge in [0.05, 0.1) is 17.9 Å². The van der Waals surface area contributed by atoms with Gasteiger partial charge in [-0.25, -0.2) is 0 Å². The summed E-state index contributed by atoms with van der Waals surface area (Å²) in [5, 5.41) is 13.0. The summed E-state index contributed by atoms with van der Waals surface area (Å²) in [7, 11) is 0. The summed E-state index contributed by atoms with van der Waals surface area (Å²) in [6.45, 7) is 6.93. The second kappa shape index (κ2) is 8.90. The summed E-state index contributed by atoms with van der Waals surface area (Å²) < 4.78 is 5.45. The first-order valence-electron chi connectivity index (χ1n) is 10.7. The number of rotatable bonds is 7. The zero-order valence-corrected chi connectivity index (χ0v) is 18.4. The highest BCUT2D eigenvalue weighted by molar-refractivity contribution is 5.82. The molecule has 8 heteroatoms. The second-order valence-electron chi connectivity index (χ2n) is 8.72. The van der Waals surface area contributed by atoms with Crippen molar-refractivity contribution < 1.29 is 19.2 Å². The molecule has 1 fully saturated rings. The number of carboxylic acids is 1. The Balaban J connectivity index is 1.41. The Morgan fingerprint density at radius 3 is 2.53 bits per heavy atom. The van der Waals surface area contributed by atoms with E-state index < -0.39 is 11.9 Å². The van der Waals surface area contributed by atoms with Crippen LogP contribution < -0.4 is 0 Å². The molecule has 1 aliphatic heterocycles. The molecule has 0 spiro atoms. The molecule has 3 heterocycles. The number of pyridine rings is 1. The normalized spacial score (nSPS) is 13.9. The number of carbonyl (C=O) groups excluding carboxylic acids is 1. The number of amides is 1. The summed E-state index contributed by atoms with van der Waals surface area (Å²) in [5.41, 5.74) is 4.59. The molecular formula is C24H26N4O4. The molecule has 8 nitrogen and oxygen atoms in total. The molecule has 32 heavy (non-hydrogen) atoms. The number of aliphatic carboxylic acids is 1. The van der Waals surface area contributed by atoms with E-state index in [1.54, 1.807) is 11.1 Å². The van der Waals surface area contributed by atoms with E-state index in [1.165, 1.54) is 0 Å². The molecule has 0 aliphatic carbocycles. The molecule has 0 unspecified atom stereocenters. The molecule has 1 N–H and O–H groups in total. The fourth-order valence-electron chi connectivity index (χ4n) is 3.67. The minimum absolute atomic E-state index is 0.0686. The Morgan fingerprint density at radius 2 is 1.91 bits per heavy atom. The molecule has 4 rings (SSSR count). The van der Waals surface area contributed by atoms with Crippen LogP contribution in [0.3, 0.4) is 0 Å². The lowest BCUT2D eigenvalue weighted by atomic mass is 9.99. The van der Waals surface area contributed by atoms with E-state index in [2.05, 4.69) is 29.0 Å². The number of aryl methyl sites for hydroxylation is 1. The van der Waals surface area contributed by atoms with Gasteiger partial charge in [0.2, 0.25) is 11.7 Å². The van der Waals surface area contributed by atoms with Crippen LogP contribution in [-0.2, 0) is 22.4 Å². The molecule has 0 radical (unpaired) electrons. The van der Waals surface area contributed by atoms with Gasteiger partial charge in [-0.05, 0) is 36.5 Å². The SMILES string of the molecule is Cc1cc(-c2nc(-c3ccc(CC(=O)N4CC(C(=O)O)C4)cc3)no2)cnc1CC(C)C. The lowest BCUT2D eigenvalue weighted by Crippen LogP contribution is -2.53. The number of aromatic nitrogens is 3. The molecule has 2 aromatic heterocycles. The van der Waals surface area contributed by atoms with Crippen LogP contribution in [0.4, 0.5) is 0 Å². The van der Waals surface area contributed by atoms with Crippen LogP contribution in [0.1, 0.15) is 30.7 Å². The zero-order valence-electron chi connectivity index (χ0n) is 18.4. The maximum atomic E-state index is 12.3. The van der Waals surface area contributed by atoms with Gasteiger partial charge in [-0.2, -0.15) is 4.98 Å². The van der Waals surface area contributed by atoms with E-state index in [-0.39, 0.29) is 25.4 Å². The van der Waals surface area contributed by atoms with E-state index in [1.807, 2.05) is 37.3 Å². The van der Waals surface area contributed by atoms with Crippen LogP contribution in [-0.4, -0.2) is 50.1 Å². The summed E-state index contributed by atoms with van der Waals surface area (Å²) in [6, 6.07) is 9.42. The highest BCUT2D eigenvalue weighted by Crippen LogP contribution is 2.24. The smallest absolute Gasteiger partial charge is 0.310 e. The van der Waals surface area contributed by atoms with Crippen LogP contribution in [0.2, 0.25) is 0 Å². The Hall–Kier alpha value is -3.55. The van der Waals surface area contributed by atoms with Gasteiger partial charge in [0.1, 0.15) is 0 Å². The molecule has 1 aromatic carbocycles. The Kier molecular flexibility index (Phi) is 6.03. The van der Waals surface area contributed by atoms with E-state index in [4.69, 9.17) is 9.63 Å². The first-order chi connectivity index (χ1) is 15.3. The van der Waals surface area contributed by atoms with Gasteiger partial charge in [-0.15, -0.1) is 0 Å². The summed E-state index contributed by atoms with van der Waals surface area (Å²) in [6.07, 6.45) is 2.92. The van der Waals surface area contributed by atoms with Crippen molar-refractivity contribution in [3.8, 4) is 22.8 Å². The average Bonchev–Trinajstić information content (AvgIpc) is 3.18. The number of hydrogen-bond acceptors (Lipinski definition) is 6. The minimum Gasteiger partial charge on any atom is -0.481 e. The summed E-state index contributed by atoms with van der Waals surface area (Å²) >= 11 is 0. The average molecular weight is 434 g/mol. The standard InChI is InChI=1S/C24H26N4O4/c1-14(2)8-20-15(3)9-18(11-25-20)23-26-22(27-32-23)17-6-4-16(5-7-17)10-21(29)28-12-19(13-28)24(30)31/h4-7,9,11,14,19H,8,10,12-13H2,1-3H3,(H,30,31). The summed E-state index contributed by atoms with van der Waals surface area (Å²) in [4.78, 5) is 33.8. The summed E-state index contributed by atoms with van der Waals surface area (Å²) in [5.74, 6) is 0.0498. The molecule has 0 bridgehead atoms. The predicted molar refractivity (Wildman–Crippen MR) is 118 cm³/mol. The largest absolute Gasteiger partial charge is 0.481 e. The Labute approximate surface area is 186 Å². The number of nitrogens with zero attached hydrogens (tertiary/aromatic N) is 4. The van der Waals surface area contributed by atoms with E-state index in [0.29, 0.717) is 17.6 Å². The molecule has 1 amide bonds. The van der Waals surface area contributed by atoms with Gasteiger partial charge in [0.15, 0.2) is 0 Å². The first-order valence-corrected chi connectivity index (χ1v) is 10.7. The molecule has 1 aliphatic rings. The van der Waals surface area contributed by atoms with Crippen molar-refractivity contribution >= 4 is 11.9 Å². The van der Waals surface area contributed by atoms with Crippen molar-refractivity contribution in [1.82, 2.24) is 20.0 Å². The third kappa shape index (κ3) is 4.69. The highest BCUT2D eigenvalue weighted by atomic mass is 16.5. The highest BCUT2D eigenvalue weighted by Gasteiger charge is 2.35. The third-order valence-electron chi connectivity index (χ3n) is 5.61. The Bertz CT molecular complexity index is 1130. The van der Waals surface area contributed by atoms with E-state index in [9.17, 15) is 9.59 Å². The number of carbonyl (C=O) groups is 2. The van der Waals surface area contributed by atoms with Gasteiger partial charge in [0, 0.05) is 30.5 Å². The number of likely N-dealkylation sites (tertiary alicyclic amines) is 1. The fourth-order valence-corrected chi connectivity index (χ4v) is 3.67. The fraction of sp³-hybridized carbons (Fsp3) is 0.375. The molecule has 166 valence electrons. The maximum Gasteiger partial charge on any atom is 0.310 e. The molecule has 0 atom stereocenters. The number of hydrogen-bond donors (Lipinski definition) is 1. The van der Waals surface area contributed by atoms with Crippen LogP contribution in [0.25, 0.3) is 22.8 Å². The zero-order chi connectivity index (χ0) is 22.8. The van der Waals surface area contributed by atoms with Crippen LogP contribution in [0, 0.1) is 18.8 Å². The van der Waals surface area contributed by atoms with E-state index in [0.717, 1.165) is 34.4 Å². The van der Waals surface area contributed by atoms with Crippen molar-refractivity contribution in [2.75, 3.05) is 13.1 Å². The predicted octanol–water partition coefficient (Wildman–Crippen LogP) is 3.39. The quantitative estimate of drug-likeness (QED) is 0.607. The van der Waals surface area contributed by atoms with Crippen molar-refractivity contribution in [2.45, 2.75) is 33.6 Å². The third-order valence-corrected chi connectivity index (χ3v) is 5.61. The number of carboxylic acid groups (broad SMARTS) is 1. The van der Waals surface area contributed by atoms with Crippen molar-refractivity contribution in [3.63, 3.8) is 0 Å². The van der Waals surface area contributed by atoms with E-state index >= 15 is 0 Å². The van der Waals surface area contributed by atoms with Crippen LogP contribution in [0.15, 0.2) is 41.1 Å². The van der Waals surface area contributed by atoms with Gasteiger partial charge in [-0.3, -0.25) is 14.6 Å². The van der Waals surface area contributed by atoms with Gasteiger partial charge < -0.3 is 14.5 Å². The lowest BCUT2D eigenvalue weighted by molar-refractivity contribution is -0.152. The molecule has 0 saturated carbocycles. The second-order valence-corrected chi connectivity index (χ2v) is 8.72. The lowest BCUT2D eigenvalue weighted by Gasteiger charge is -2.36. The van der Waals surface area contributed by atoms with Crippen molar-refractivity contribution in [3.05, 3.63) is 53.3 Å². The topological polar surface area (TPSA) is 109 Å². The van der Waals surface area contributed by atoms with Gasteiger partial charge >= 0.3 is 5.97 Å². The van der Waals surface area contributed by atoms with Crippen molar-refractivity contribution in [2.24, 2.45) is 11.8 Å². The number of benzene rings is 1. The minimum atomic E-state index is -0.852. The van der Waals surface area contributed by atoms with Crippen LogP contribution in [0.5, 0.6) is 0 Å².